The second-order valence-electron chi connectivity index (χ2n) is 4.91. The molecule has 0 amide bonds. The van der Waals surface area contributed by atoms with Crippen LogP contribution in [0.25, 0.3) is 11.0 Å². The molecule has 0 atom stereocenters. The lowest BCUT2D eigenvalue weighted by molar-refractivity contribution is 0.262. The van der Waals surface area contributed by atoms with Crippen LogP contribution in [0.3, 0.4) is 0 Å². The molecule has 0 aliphatic rings. The average Bonchev–Trinajstić information content (AvgIpc) is 2.78. The van der Waals surface area contributed by atoms with E-state index in [1.807, 2.05) is 12.1 Å². The molecule has 0 fully saturated rings. The Kier molecular flexibility index (Phi) is 3.48. The molecule has 0 bridgehead atoms. The minimum atomic E-state index is -0.0209. The number of hydrogen-bond acceptors (Lipinski definition) is 3. The summed E-state index contributed by atoms with van der Waals surface area (Å²) in [6.45, 7) is 6.52. The molecule has 0 radical (unpaired) electrons. The molecule has 1 aromatic carbocycles. The van der Waals surface area contributed by atoms with E-state index in [1.165, 1.54) is 0 Å². The van der Waals surface area contributed by atoms with Crippen LogP contribution >= 0.6 is 0 Å². The number of fused-ring (bicyclic) bond motifs is 1. The number of anilines is 1. The van der Waals surface area contributed by atoms with Gasteiger partial charge >= 0.3 is 0 Å². The van der Waals surface area contributed by atoms with Crippen molar-refractivity contribution in [1.29, 1.82) is 5.26 Å². The van der Waals surface area contributed by atoms with Crippen molar-refractivity contribution in [1.82, 2.24) is 9.55 Å². The van der Waals surface area contributed by atoms with Crippen molar-refractivity contribution in [2.45, 2.75) is 45.6 Å². The standard InChI is InChI=1S/C15H20N4/c1-4-15(5-2,6-3)19-13-9-11(10-16)7-8-12(13)18-14(19)17/h7-9H,4-6H2,1-3H3,(H2,17,18). The first-order valence-corrected chi connectivity index (χ1v) is 6.80. The first-order chi connectivity index (χ1) is 9.11. The van der Waals surface area contributed by atoms with Gasteiger partial charge in [-0.15, -0.1) is 0 Å². The van der Waals surface area contributed by atoms with Crippen molar-refractivity contribution in [3.05, 3.63) is 23.8 Å². The first kappa shape index (κ1) is 13.4. The van der Waals surface area contributed by atoms with Crippen LogP contribution in [0.2, 0.25) is 0 Å². The number of hydrogen-bond donors (Lipinski definition) is 1. The second-order valence-corrected chi connectivity index (χ2v) is 4.91. The molecule has 0 aliphatic heterocycles. The lowest BCUT2D eigenvalue weighted by Gasteiger charge is -2.33. The van der Waals surface area contributed by atoms with E-state index in [0.29, 0.717) is 11.5 Å². The molecular weight excluding hydrogens is 236 g/mol. The fourth-order valence-corrected chi connectivity index (χ4v) is 2.89. The van der Waals surface area contributed by atoms with Gasteiger partial charge in [-0.05, 0) is 37.5 Å². The maximum Gasteiger partial charge on any atom is 0.201 e. The molecule has 2 N–H and O–H groups in total. The summed E-state index contributed by atoms with van der Waals surface area (Å²) in [5.41, 5.74) is 8.57. The molecule has 1 heterocycles. The number of nitrogens with two attached hydrogens (primary N) is 1. The minimum Gasteiger partial charge on any atom is -0.369 e. The zero-order valence-electron chi connectivity index (χ0n) is 11.8. The number of nitrogen functional groups attached to an aromatic ring is 1. The van der Waals surface area contributed by atoms with E-state index < -0.39 is 0 Å². The van der Waals surface area contributed by atoms with Crippen molar-refractivity contribution in [3.8, 4) is 6.07 Å². The Labute approximate surface area is 113 Å². The van der Waals surface area contributed by atoms with Crippen molar-refractivity contribution in [2.24, 2.45) is 0 Å². The number of benzene rings is 1. The Balaban J connectivity index is 2.78. The molecule has 0 spiro atoms. The van der Waals surface area contributed by atoms with Crippen molar-refractivity contribution in [3.63, 3.8) is 0 Å². The Bertz CT molecular complexity index is 621. The molecule has 19 heavy (non-hydrogen) atoms. The monoisotopic (exact) mass is 256 g/mol. The first-order valence-electron chi connectivity index (χ1n) is 6.80. The van der Waals surface area contributed by atoms with E-state index in [9.17, 15) is 0 Å². The zero-order chi connectivity index (χ0) is 14.0. The summed E-state index contributed by atoms with van der Waals surface area (Å²) >= 11 is 0. The van der Waals surface area contributed by atoms with Gasteiger partial charge < -0.3 is 10.3 Å². The zero-order valence-corrected chi connectivity index (χ0v) is 11.8. The molecular formula is C15H20N4. The highest BCUT2D eigenvalue weighted by atomic mass is 15.2. The third-order valence-corrected chi connectivity index (χ3v) is 4.26. The van der Waals surface area contributed by atoms with Crippen LogP contribution < -0.4 is 5.73 Å². The van der Waals surface area contributed by atoms with E-state index in [4.69, 9.17) is 11.0 Å². The minimum absolute atomic E-state index is 0.0209. The topological polar surface area (TPSA) is 67.6 Å². The number of aromatic nitrogens is 2. The van der Waals surface area contributed by atoms with Crippen LogP contribution in [-0.4, -0.2) is 9.55 Å². The number of rotatable bonds is 4. The Morgan fingerprint density at radius 3 is 2.42 bits per heavy atom. The highest BCUT2D eigenvalue weighted by molar-refractivity contribution is 5.80. The van der Waals surface area contributed by atoms with Gasteiger partial charge in [0.1, 0.15) is 0 Å². The SMILES string of the molecule is CCC(CC)(CC)n1c(N)nc2ccc(C#N)cc21. The van der Waals surface area contributed by atoms with E-state index in [1.54, 1.807) is 6.07 Å². The molecule has 0 unspecified atom stereocenters. The molecule has 0 saturated carbocycles. The average molecular weight is 256 g/mol. The van der Waals surface area contributed by atoms with Gasteiger partial charge in [-0.2, -0.15) is 5.26 Å². The summed E-state index contributed by atoms with van der Waals surface area (Å²) in [5, 5.41) is 9.06. The smallest absolute Gasteiger partial charge is 0.201 e. The molecule has 0 saturated heterocycles. The Morgan fingerprint density at radius 2 is 1.89 bits per heavy atom. The molecule has 100 valence electrons. The summed E-state index contributed by atoms with van der Waals surface area (Å²) in [6.07, 6.45) is 2.98. The Morgan fingerprint density at radius 1 is 1.26 bits per heavy atom. The number of nitrogens with zero attached hydrogens (tertiary/aromatic N) is 3. The van der Waals surface area contributed by atoms with Crippen LogP contribution in [0.15, 0.2) is 18.2 Å². The summed E-state index contributed by atoms with van der Waals surface area (Å²) in [4.78, 5) is 4.43. The highest BCUT2D eigenvalue weighted by Crippen LogP contribution is 2.35. The summed E-state index contributed by atoms with van der Waals surface area (Å²) < 4.78 is 2.11. The van der Waals surface area contributed by atoms with Crippen LogP contribution in [0, 0.1) is 11.3 Å². The largest absolute Gasteiger partial charge is 0.369 e. The van der Waals surface area contributed by atoms with Gasteiger partial charge in [-0.1, -0.05) is 20.8 Å². The second kappa shape index (κ2) is 4.93. The van der Waals surface area contributed by atoms with Gasteiger partial charge in [0, 0.05) is 5.54 Å². The summed E-state index contributed by atoms with van der Waals surface area (Å²) in [6, 6.07) is 7.71. The van der Waals surface area contributed by atoms with E-state index in [2.05, 4.69) is 36.4 Å². The Hall–Kier alpha value is -2.02. The molecule has 4 heteroatoms. The third-order valence-electron chi connectivity index (χ3n) is 4.26. The van der Waals surface area contributed by atoms with Gasteiger partial charge in [-0.3, -0.25) is 0 Å². The normalized spacial score (nSPS) is 11.7. The van der Waals surface area contributed by atoms with Gasteiger partial charge in [0.25, 0.3) is 0 Å². The van der Waals surface area contributed by atoms with Crippen molar-refractivity contribution < 1.29 is 0 Å². The van der Waals surface area contributed by atoms with Crippen molar-refractivity contribution in [2.75, 3.05) is 5.73 Å². The van der Waals surface area contributed by atoms with Crippen LogP contribution in [0.4, 0.5) is 5.95 Å². The number of imidazole rings is 1. The number of nitriles is 1. The van der Waals surface area contributed by atoms with Crippen molar-refractivity contribution >= 4 is 17.0 Å². The van der Waals surface area contributed by atoms with Gasteiger partial charge in [-0.25, -0.2) is 4.98 Å². The third kappa shape index (κ3) is 1.95. The molecule has 1 aromatic heterocycles. The molecule has 4 nitrogen and oxygen atoms in total. The fraction of sp³-hybridized carbons (Fsp3) is 0.467. The van der Waals surface area contributed by atoms with Crippen LogP contribution in [0.5, 0.6) is 0 Å². The fourth-order valence-electron chi connectivity index (χ4n) is 2.89. The van der Waals surface area contributed by atoms with E-state index in [-0.39, 0.29) is 5.54 Å². The molecule has 2 rings (SSSR count). The summed E-state index contributed by atoms with van der Waals surface area (Å²) in [5.74, 6) is 0.538. The summed E-state index contributed by atoms with van der Waals surface area (Å²) in [7, 11) is 0. The molecule has 0 aliphatic carbocycles. The van der Waals surface area contributed by atoms with Crippen LogP contribution in [0.1, 0.15) is 45.6 Å². The van der Waals surface area contributed by atoms with Crippen LogP contribution in [-0.2, 0) is 5.54 Å². The van der Waals surface area contributed by atoms with Gasteiger partial charge in [0.2, 0.25) is 5.95 Å². The lowest BCUT2D eigenvalue weighted by atomic mass is 9.89. The predicted molar refractivity (Wildman–Crippen MR) is 77.7 cm³/mol. The quantitative estimate of drug-likeness (QED) is 0.911. The van der Waals surface area contributed by atoms with E-state index >= 15 is 0 Å². The van der Waals surface area contributed by atoms with E-state index in [0.717, 1.165) is 30.3 Å². The predicted octanol–water partition coefficient (Wildman–Crippen LogP) is 3.42. The maximum absolute atomic E-state index is 9.06. The lowest BCUT2D eigenvalue weighted by Crippen LogP contribution is -2.32. The highest BCUT2D eigenvalue weighted by Gasteiger charge is 2.30. The van der Waals surface area contributed by atoms with Gasteiger partial charge in [0.15, 0.2) is 0 Å². The maximum atomic E-state index is 9.06. The molecule has 2 aromatic rings. The van der Waals surface area contributed by atoms with Gasteiger partial charge in [0.05, 0.1) is 22.7 Å².